The molecule has 7 rings (SSSR count). The van der Waals surface area contributed by atoms with E-state index in [1.165, 1.54) is 43.0 Å². The van der Waals surface area contributed by atoms with Crippen LogP contribution in [0.5, 0.6) is 5.75 Å². The van der Waals surface area contributed by atoms with Crippen LogP contribution in [0.15, 0.2) is 42.0 Å². The molecular formula is C34H39N3O4. The van der Waals surface area contributed by atoms with Gasteiger partial charge in [0.25, 0.3) is 5.91 Å². The van der Waals surface area contributed by atoms with Gasteiger partial charge in [-0.15, -0.1) is 0 Å². The molecule has 0 bridgehead atoms. The highest BCUT2D eigenvalue weighted by molar-refractivity contribution is 6.04. The molecule has 1 saturated carbocycles. The number of carbonyl (C=O) groups is 2. The molecule has 2 aromatic carbocycles. The number of nitrogens with zero attached hydrogens (tertiary/aromatic N) is 3. The number of fused-ring (bicyclic) bond motifs is 5. The van der Waals surface area contributed by atoms with E-state index in [0.29, 0.717) is 18.0 Å². The van der Waals surface area contributed by atoms with E-state index in [4.69, 9.17) is 9.47 Å². The van der Waals surface area contributed by atoms with Crippen LogP contribution in [0.2, 0.25) is 0 Å². The summed E-state index contributed by atoms with van der Waals surface area (Å²) < 4.78 is 13.1. The quantitative estimate of drug-likeness (QED) is 0.379. The minimum atomic E-state index is -0.347. The zero-order valence-electron chi connectivity index (χ0n) is 24.4. The van der Waals surface area contributed by atoms with Crippen molar-refractivity contribution >= 4 is 28.9 Å². The highest BCUT2D eigenvalue weighted by Crippen LogP contribution is 2.47. The third-order valence-corrected chi connectivity index (χ3v) is 9.96. The number of hydrogen-bond donors (Lipinski definition) is 0. The molecule has 0 atom stereocenters. The molecule has 1 aromatic heterocycles. The number of carbonyl (C=O) groups excluding carboxylic acids is 2. The van der Waals surface area contributed by atoms with Gasteiger partial charge in [-0.1, -0.05) is 25.3 Å². The average Bonchev–Trinajstić information content (AvgIpc) is 3.50. The Hall–Kier alpha value is -3.58. The number of rotatable bonds is 4. The third-order valence-electron chi connectivity index (χ3n) is 9.96. The first-order chi connectivity index (χ1) is 19.9. The normalized spacial score (nSPS) is 20.3. The van der Waals surface area contributed by atoms with Gasteiger partial charge in [-0.3, -0.25) is 4.79 Å². The molecule has 2 saturated heterocycles. The molecule has 7 heteroatoms. The van der Waals surface area contributed by atoms with Crippen LogP contribution < -0.4 is 4.74 Å². The SMILES string of the molecule is COC(=O)c1ccc2c(C3CCCCC3)c3n(c2c1)CC(C(=O)N1CCCC12CN(C)C2)=Cc1cc(OC)ccc1-3. The van der Waals surface area contributed by atoms with Crippen LogP contribution in [0.1, 0.15) is 72.3 Å². The Morgan fingerprint density at radius 1 is 0.976 bits per heavy atom. The van der Waals surface area contributed by atoms with E-state index in [-0.39, 0.29) is 17.4 Å². The van der Waals surface area contributed by atoms with Gasteiger partial charge in [-0.25, -0.2) is 4.79 Å². The van der Waals surface area contributed by atoms with Crippen LogP contribution in [0.3, 0.4) is 0 Å². The van der Waals surface area contributed by atoms with Crippen molar-refractivity contribution in [3.63, 3.8) is 0 Å². The topological polar surface area (TPSA) is 64.0 Å². The number of amides is 1. The molecule has 214 valence electrons. The molecule has 1 amide bonds. The van der Waals surface area contributed by atoms with E-state index in [2.05, 4.69) is 45.7 Å². The molecule has 4 heterocycles. The summed E-state index contributed by atoms with van der Waals surface area (Å²) in [5.74, 6) is 0.996. The summed E-state index contributed by atoms with van der Waals surface area (Å²) in [4.78, 5) is 31.5. The zero-order chi connectivity index (χ0) is 28.3. The van der Waals surface area contributed by atoms with Gasteiger partial charge in [-0.2, -0.15) is 0 Å². The lowest BCUT2D eigenvalue weighted by molar-refractivity contribution is -0.137. The fourth-order valence-electron chi connectivity index (χ4n) is 8.13. The molecule has 4 aliphatic rings. The highest BCUT2D eigenvalue weighted by atomic mass is 16.5. The van der Waals surface area contributed by atoms with Gasteiger partial charge in [0.2, 0.25) is 0 Å². The molecule has 7 nitrogen and oxygen atoms in total. The lowest BCUT2D eigenvalue weighted by Crippen LogP contribution is -2.67. The second kappa shape index (κ2) is 10.1. The predicted molar refractivity (Wildman–Crippen MR) is 160 cm³/mol. The standard InChI is InChI=1S/C34H39N3O4/c1-35-20-34(21-35)14-7-15-37(34)32(38)25-16-24-17-26(40-2)11-13-27(24)31-30(22-8-5-4-6-9-22)28-12-10-23(33(39)41-3)18-29(28)36(31)19-25/h10-13,16-18,22H,4-9,14-15,19-21H2,1-3H3. The fourth-order valence-corrected chi connectivity index (χ4v) is 8.13. The first-order valence-corrected chi connectivity index (χ1v) is 15.1. The third kappa shape index (κ3) is 4.19. The summed E-state index contributed by atoms with van der Waals surface area (Å²) in [6.07, 6.45) is 10.2. The fraction of sp³-hybridized carbons (Fsp3) is 0.471. The number of benzene rings is 2. The largest absolute Gasteiger partial charge is 0.497 e. The molecule has 3 fully saturated rings. The molecular weight excluding hydrogens is 514 g/mol. The van der Waals surface area contributed by atoms with Gasteiger partial charge in [0.05, 0.1) is 37.6 Å². The zero-order valence-corrected chi connectivity index (χ0v) is 24.4. The van der Waals surface area contributed by atoms with E-state index in [0.717, 1.165) is 73.3 Å². The van der Waals surface area contributed by atoms with Crippen molar-refractivity contribution in [1.29, 1.82) is 0 Å². The molecule has 41 heavy (non-hydrogen) atoms. The molecule has 0 N–H and O–H groups in total. The van der Waals surface area contributed by atoms with E-state index in [1.807, 2.05) is 18.2 Å². The van der Waals surface area contributed by atoms with Gasteiger partial charge in [0, 0.05) is 41.7 Å². The molecule has 3 aromatic rings. The van der Waals surface area contributed by atoms with Crippen molar-refractivity contribution in [1.82, 2.24) is 14.4 Å². The van der Waals surface area contributed by atoms with E-state index in [9.17, 15) is 9.59 Å². The Bertz CT molecular complexity index is 1570. The minimum Gasteiger partial charge on any atom is -0.497 e. The van der Waals surface area contributed by atoms with E-state index >= 15 is 0 Å². The average molecular weight is 554 g/mol. The Balaban J connectivity index is 1.44. The Kier molecular flexibility index (Phi) is 6.45. The van der Waals surface area contributed by atoms with Crippen LogP contribution in [-0.2, 0) is 16.1 Å². The maximum Gasteiger partial charge on any atom is 0.337 e. The van der Waals surface area contributed by atoms with Gasteiger partial charge < -0.3 is 23.8 Å². The number of ether oxygens (including phenoxy) is 2. The summed E-state index contributed by atoms with van der Waals surface area (Å²) in [7, 11) is 5.24. The van der Waals surface area contributed by atoms with Crippen LogP contribution in [0.25, 0.3) is 28.2 Å². The van der Waals surface area contributed by atoms with Crippen LogP contribution in [0, 0.1) is 0 Å². The Morgan fingerprint density at radius 2 is 1.78 bits per heavy atom. The summed E-state index contributed by atoms with van der Waals surface area (Å²) in [6.45, 7) is 3.13. The molecule has 0 unspecified atom stereocenters. The van der Waals surface area contributed by atoms with Crippen LogP contribution in [-0.4, -0.2) is 72.7 Å². The second-order valence-corrected chi connectivity index (χ2v) is 12.5. The number of likely N-dealkylation sites (N-methyl/N-ethyl adjacent to an activating group) is 1. The number of hydrogen-bond acceptors (Lipinski definition) is 5. The van der Waals surface area contributed by atoms with Crippen molar-refractivity contribution in [3.05, 3.63) is 58.7 Å². The Morgan fingerprint density at radius 3 is 2.51 bits per heavy atom. The van der Waals surface area contributed by atoms with Crippen LogP contribution >= 0.6 is 0 Å². The Labute approximate surface area is 241 Å². The second-order valence-electron chi connectivity index (χ2n) is 12.5. The maximum atomic E-state index is 14.4. The number of methoxy groups -OCH3 is 2. The summed E-state index contributed by atoms with van der Waals surface area (Å²) >= 11 is 0. The lowest BCUT2D eigenvalue weighted by Gasteiger charge is -2.51. The minimum absolute atomic E-state index is 0.0525. The van der Waals surface area contributed by atoms with Gasteiger partial charge in [-0.05, 0) is 86.2 Å². The lowest BCUT2D eigenvalue weighted by atomic mass is 9.81. The van der Waals surface area contributed by atoms with Crippen LogP contribution in [0.4, 0.5) is 0 Å². The van der Waals surface area contributed by atoms with Gasteiger partial charge in [0.1, 0.15) is 5.75 Å². The summed E-state index contributed by atoms with van der Waals surface area (Å²) in [6, 6.07) is 12.2. The first-order valence-electron chi connectivity index (χ1n) is 15.1. The first kappa shape index (κ1) is 26.3. The monoisotopic (exact) mass is 553 g/mol. The highest BCUT2D eigenvalue weighted by Gasteiger charge is 2.51. The smallest absolute Gasteiger partial charge is 0.337 e. The maximum absolute atomic E-state index is 14.4. The van der Waals surface area contributed by atoms with Crippen molar-refractivity contribution in [2.45, 2.75) is 62.9 Å². The predicted octanol–water partition coefficient (Wildman–Crippen LogP) is 5.85. The molecule has 1 spiro atoms. The van der Waals surface area contributed by atoms with Gasteiger partial charge in [0.15, 0.2) is 0 Å². The number of likely N-dealkylation sites (tertiary alicyclic amines) is 2. The molecule has 0 radical (unpaired) electrons. The number of esters is 1. The van der Waals surface area contributed by atoms with Gasteiger partial charge >= 0.3 is 5.97 Å². The molecule has 3 aliphatic heterocycles. The summed E-state index contributed by atoms with van der Waals surface area (Å²) in [5, 5.41) is 1.17. The van der Waals surface area contributed by atoms with Crippen molar-refractivity contribution in [2.75, 3.05) is 40.9 Å². The van der Waals surface area contributed by atoms with E-state index in [1.54, 1.807) is 7.11 Å². The number of aromatic nitrogens is 1. The van der Waals surface area contributed by atoms with Crippen molar-refractivity contribution in [2.24, 2.45) is 0 Å². The van der Waals surface area contributed by atoms with Crippen molar-refractivity contribution in [3.8, 4) is 17.0 Å². The van der Waals surface area contributed by atoms with E-state index < -0.39 is 0 Å². The summed E-state index contributed by atoms with van der Waals surface area (Å²) in [5.41, 5.74) is 6.90. The molecule has 1 aliphatic carbocycles. The van der Waals surface area contributed by atoms with Crippen molar-refractivity contribution < 1.29 is 19.1 Å².